The number of hydrogen-bond acceptors (Lipinski definition) is 3. The maximum absolute atomic E-state index is 5.51. The van der Waals surface area contributed by atoms with Gasteiger partial charge in [0.1, 0.15) is 0 Å². The Morgan fingerprint density at radius 1 is 1.33 bits per heavy atom. The second-order valence-electron chi connectivity index (χ2n) is 2.12. The molecule has 0 aliphatic rings. The van der Waals surface area contributed by atoms with Crippen molar-refractivity contribution in [1.29, 1.82) is 0 Å². The number of hydrogen-bond donors (Lipinski definition) is 1. The molecule has 0 bridgehead atoms. The van der Waals surface area contributed by atoms with Crippen LogP contribution in [-0.2, 0) is 0 Å². The van der Waals surface area contributed by atoms with E-state index in [0.29, 0.717) is 0 Å². The van der Waals surface area contributed by atoms with E-state index in [4.69, 9.17) is 10.3 Å². The smallest absolute Gasteiger partial charge is 0.166 e. The van der Waals surface area contributed by atoms with Crippen LogP contribution in [0.3, 0.4) is 0 Å². The van der Waals surface area contributed by atoms with Crippen molar-refractivity contribution in [2.75, 3.05) is 5.73 Å². The van der Waals surface area contributed by atoms with E-state index in [2.05, 4.69) is 5.16 Å². The zero-order chi connectivity index (χ0) is 8.97. The highest BCUT2D eigenvalue weighted by molar-refractivity contribution is 5.79. The maximum Gasteiger partial charge on any atom is 0.166 e. The van der Waals surface area contributed by atoms with Crippen LogP contribution in [0.1, 0.15) is 13.8 Å². The molecule has 0 aliphatic heterocycles. The minimum Gasteiger partial charge on any atom is -0.399 e. The Morgan fingerprint density at radius 2 is 2.08 bits per heavy atom. The Kier molecular flexibility index (Phi) is 2.69. The number of nitrogens with two attached hydrogens (primary N) is 1. The summed E-state index contributed by atoms with van der Waals surface area (Å²) in [7, 11) is 0. The van der Waals surface area contributed by atoms with E-state index in [-0.39, 0.29) is 0 Å². The van der Waals surface area contributed by atoms with Gasteiger partial charge in [-0.25, -0.2) is 0 Å². The summed E-state index contributed by atoms with van der Waals surface area (Å²) in [4.78, 5) is 0. The van der Waals surface area contributed by atoms with Crippen molar-refractivity contribution >= 4 is 16.7 Å². The quantitative estimate of drug-likeness (QED) is 0.608. The van der Waals surface area contributed by atoms with Gasteiger partial charge in [-0.1, -0.05) is 19.0 Å². The highest BCUT2D eigenvalue weighted by atomic mass is 16.5. The summed E-state index contributed by atoms with van der Waals surface area (Å²) in [6.45, 7) is 4.00. The Hall–Kier alpha value is -1.51. The van der Waals surface area contributed by atoms with Crippen LogP contribution in [0.4, 0.5) is 5.69 Å². The zero-order valence-electron chi connectivity index (χ0n) is 7.24. The van der Waals surface area contributed by atoms with Crippen LogP contribution in [0.5, 0.6) is 0 Å². The summed E-state index contributed by atoms with van der Waals surface area (Å²) in [5.74, 6) is 0. The standard InChI is InChI=1S/C7H6N2O.C2H6/c8-6-1-2-7-5(3-6)4-9-10-7;1-2/h1-4H,8H2;1-2H3. The zero-order valence-corrected chi connectivity index (χ0v) is 7.24. The summed E-state index contributed by atoms with van der Waals surface area (Å²) in [5, 5.41) is 4.56. The molecule has 1 heterocycles. The summed E-state index contributed by atoms with van der Waals surface area (Å²) in [6, 6.07) is 5.41. The van der Waals surface area contributed by atoms with Gasteiger partial charge in [-0.05, 0) is 18.2 Å². The second kappa shape index (κ2) is 3.76. The lowest BCUT2D eigenvalue weighted by atomic mass is 10.2. The van der Waals surface area contributed by atoms with Crippen LogP contribution in [0.25, 0.3) is 11.0 Å². The van der Waals surface area contributed by atoms with E-state index < -0.39 is 0 Å². The number of aromatic nitrogens is 1. The van der Waals surface area contributed by atoms with E-state index in [1.807, 2.05) is 19.9 Å². The van der Waals surface area contributed by atoms with Gasteiger partial charge in [0.05, 0.1) is 6.20 Å². The van der Waals surface area contributed by atoms with Crippen LogP contribution < -0.4 is 5.73 Å². The Balaban J connectivity index is 0.000000336. The number of benzene rings is 1. The van der Waals surface area contributed by atoms with E-state index in [1.54, 1.807) is 18.3 Å². The number of nitrogens with zero attached hydrogens (tertiary/aromatic N) is 1. The van der Waals surface area contributed by atoms with Crippen molar-refractivity contribution in [2.24, 2.45) is 0 Å². The molecule has 1 aromatic carbocycles. The molecule has 0 amide bonds. The predicted octanol–water partition coefficient (Wildman–Crippen LogP) is 2.44. The molecular formula is C9H12N2O. The highest BCUT2D eigenvalue weighted by Gasteiger charge is 1.95. The van der Waals surface area contributed by atoms with Gasteiger partial charge < -0.3 is 10.3 Å². The lowest BCUT2D eigenvalue weighted by Gasteiger charge is -1.88. The summed E-state index contributed by atoms with van der Waals surface area (Å²) >= 11 is 0. The van der Waals surface area contributed by atoms with Crippen LogP contribution in [0, 0.1) is 0 Å². The third-order valence-corrected chi connectivity index (χ3v) is 1.38. The van der Waals surface area contributed by atoms with Gasteiger partial charge in [0.25, 0.3) is 0 Å². The number of rotatable bonds is 0. The first-order valence-corrected chi connectivity index (χ1v) is 3.96. The molecule has 0 unspecified atom stereocenters. The molecule has 2 N–H and O–H groups in total. The normalized spacial score (nSPS) is 9.17. The van der Waals surface area contributed by atoms with Gasteiger partial charge in [-0.3, -0.25) is 0 Å². The minimum absolute atomic E-state index is 0.732. The molecule has 3 heteroatoms. The Labute approximate surface area is 71.2 Å². The van der Waals surface area contributed by atoms with Crippen LogP contribution in [0.2, 0.25) is 0 Å². The van der Waals surface area contributed by atoms with Gasteiger partial charge in [-0.15, -0.1) is 0 Å². The van der Waals surface area contributed by atoms with E-state index in [0.717, 1.165) is 16.7 Å². The Morgan fingerprint density at radius 3 is 2.83 bits per heavy atom. The maximum atomic E-state index is 5.51. The molecule has 12 heavy (non-hydrogen) atoms. The predicted molar refractivity (Wildman–Crippen MR) is 49.8 cm³/mol. The molecule has 0 saturated heterocycles. The Bertz CT molecular complexity index is 354. The molecule has 0 saturated carbocycles. The van der Waals surface area contributed by atoms with Crippen LogP contribution in [0.15, 0.2) is 28.9 Å². The van der Waals surface area contributed by atoms with Crippen molar-refractivity contribution in [2.45, 2.75) is 13.8 Å². The monoisotopic (exact) mass is 164 g/mol. The fraction of sp³-hybridized carbons (Fsp3) is 0.222. The lowest BCUT2D eigenvalue weighted by molar-refractivity contribution is 0.456. The van der Waals surface area contributed by atoms with Gasteiger partial charge in [0, 0.05) is 11.1 Å². The third kappa shape index (κ3) is 1.56. The van der Waals surface area contributed by atoms with E-state index in [9.17, 15) is 0 Å². The largest absolute Gasteiger partial charge is 0.399 e. The number of anilines is 1. The van der Waals surface area contributed by atoms with Gasteiger partial charge >= 0.3 is 0 Å². The summed E-state index contributed by atoms with van der Waals surface area (Å²) in [5.41, 5.74) is 7.02. The first-order valence-electron chi connectivity index (χ1n) is 3.96. The van der Waals surface area contributed by atoms with Crippen molar-refractivity contribution in [1.82, 2.24) is 5.16 Å². The molecular weight excluding hydrogens is 152 g/mol. The number of nitrogen functional groups attached to an aromatic ring is 1. The second-order valence-corrected chi connectivity index (χ2v) is 2.12. The molecule has 3 nitrogen and oxygen atoms in total. The highest BCUT2D eigenvalue weighted by Crippen LogP contribution is 2.15. The third-order valence-electron chi connectivity index (χ3n) is 1.38. The van der Waals surface area contributed by atoms with Gasteiger partial charge in [-0.2, -0.15) is 0 Å². The fourth-order valence-electron chi connectivity index (χ4n) is 0.891. The van der Waals surface area contributed by atoms with Crippen molar-refractivity contribution < 1.29 is 4.52 Å². The summed E-state index contributed by atoms with van der Waals surface area (Å²) < 4.78 is 4.87. The van der Waals surface area contributed by atoms with Crippen LogP contribution in [-0.4, -0.2) is 5.16 Å². The average Bonchev–Trinajstić information content (AvgIpc) is 2.54. The van der Waals surface area contributed by atoms with Crippen molar-refractivity contribution in [3.63, 3.8) is 0 Å². The average molecular weight is 164 g/mol. The molecule has 0 fully saturated rings. The lowest BCUT2D eigenvalue weighted by Crippen LogP contribution is -1.80. The minimum atomic E-state index is 0.732. The molecule has 0 aliphatic carbocycles. The van der Waals surface area contributed by atoms with E-state index in [1.165, 1.54) is 0 Å². The number of fused-ring (bicyclic) bond motifs is 1. The van der Waals surface area contributed by atoms with E-state index >= 15 is 0 Å². The van der Waals surface area contributed by atoms with Gasteiger partial charge in [0.2, 0.25) is 0 Å². The molecule has 2 aromatic rings. The molecule has 0 spiro atoms. The molecule has 2 rings (SSSR count). The molecule has 1 aromatic heterocycles. The van der Waals surface area contributed by atoms with Gasteiger partial charge in [0.15, 0.2) is 5.58 Å². The van der Waals surface area contributed by atoms with Crippen molar-refractivity contribution in [3.05, 3.63) is 24.4 Å². The molecule has 0 atom stereocenters. The van der Waals surface area contributed by atoms with Crippen molar-refractivity contribution in [3.8, 4) is 0 Å². The summed E-state index contributed by atoms with van der Waals surface area (Å²) in [6.07, 6.45) is 1.64. The molecule has 0 radical (unpaired) electrons. The SMILES string of the molecule is CC.Nc1ccc2oncc2c1. The van der Waals surface area contributed by atoms with Crippen LogP contribution >= 0.6 is 0 Å². The molecule has 64 valence electrons. The first-order chi connectivity index (χ1) is 5.86. The fourth-order valence-corrected chi connectivity index (χ4v) is 0.891. The first kappa shape index (κ1) is 8.59. The topological polar surface area (TPSA) is 52.0 Å².